The summed E-state index contributed by atoms with van der Waals surface area (Å²) < 4.78 is 14.5. The van der Waals surface area contributed by atoms with E-state index in [0.717, 1.165) is 22.0 Å². The molecule has 0 unspecified atom stereocenters. The molecule has 3 aromatic rings. The fourth-order valence-electron chi connectivity index (χ4n) is 2.57. The van der Waals surface area contributed by atoms with Crippen molar-refractivity contribution in [2.45, 2.75) is 0 Å². The first kappa shape index (κ1) is 15.6. The number of para-hydroxylation sites is 1. The smallest absolute Gasteiger partial charge is 0.225 e. The summed E-state index contributed by atoms with van der Waals surface area (Å²) in [6.07, 6.45) is 1.94. The van der Waals surface area contributed by atoms with Gasteiger partial charge in [-0.15, -0.1) is 0 Å². The van der Waals surface area contributed by atoms with Crippen molar-refractivity contribution in [3.05, 3.63) is 36.5 Å². The molecule has 120 valence electrons. The monoisotopic (exact) mass is 329 g/mol. The van der Waals surface area contributed by atoms with E-state index in [-0.39, 0.29) is 0 Å². The van der Waals surface area contributed by atoms with Gasteiger partial charge < -0.3 is 19.8 Å². The van der Waals surface area contributed by atoms with Gasteiger partial charge in [-0.1, -0.05) is 12.1 Å². The second-order valence-electron chi connectivity index (χ2n) is 5.80. The number of hydrogen-bond acceptors (Lipinski definition) is 5. The molecule has 7 heteroatoms. The third kappa shape index (κ3) is 2.94. The van der Waals surface area contributed by atoms with E-state index in [4.69, 9.17) is 0 Å². The Hall–Kier alpha value is -2.33. The average molecular weight is 329 g/mol. The second-order valence-corrected chi connectivity index (χ2v) is 8.98. The Morgan fingerprint density at radius 1 is 1.13 bits per heavy atom. The Bertz CT molecular complexity index is 912. The molecule has 0 saturated carbocycles. The molecule has 6 nitrogen and oxygen atoms in total. The van der Waals surface area contributed by atoms with Crippen LogP contribution >= 0.6 is 7.14 Å². The maximum absolute atomic E-state index is 12.5. The van der Waals surface area contributed by atoms with Gasteiger partial charge >= 0.3 is 0 Å². The zero-order chi connectivity index (χ0) is 16.6. The van der Waals surface area contributed by atoms with Gasteiger partial charge in [0.25, 0.3) is 0 Å². The minimum Gasteiger partial charge on any atom is -0.357 e. The van der Waals surface area contributed by atoms with E-state index in [1.54, 1.807) is 20.4 Å². The first-order valence-electron chi connectivity index (χ1n) is 7.32. The van der Waals surface area contributed by atoms with Crippen molar-refractivity contribution in [2.24, 2.45) is 7.05 Å². The highest BCUT2D eigenvalue weighted by molar-refractivity contribution is 7.70. The molecule has 0 bridgehead atoms. The molecule has 23 heavy (non-hydrogen) atoms. The summed E-state index contributed by atoms with van der Waals surface area (Å²) in [5, 5.41) is 7.12. The molecule has 2 N–H and O–H groups in total. The van der Waals surface area contributed by atoms with E-state index in [2.05, 4.69) is 20.6 Å². The zero-order valence-corrected chi connectivity index (χ0v) is 14.6. The number of fused-ring (bicyclic) bond motifs is 1. The Morgan fingerprint density at radius 2 is 1.87 bits per heavy atom. The normalized spacial score (nSPS) is 11.7. The third-order valence-corrected chi connectivity index (χ3v) is 5.23. The van der Waals surface area contributed by atoms with Crippen LogP contribution in [0, 0.1) is 0 Å². The SMILES string of the molecule is CNc1nc(Nc2ccccc2P(C)(C)=O)c2c(ccn2C)n1. The molecule has 0 aliphatic carbocycles. The van der Waals surface area contributed by atoms with E-state index < -0.39 is 7.14 Å². The number of aromatic nitrogens is 3. The molecule has 0 spiro atoms. The molecule has 0 aliphatic rings. The molecule has 2 aromatic heterocycles. The Morgan fingerprint density at radius 3 is 2.57 bits per heavy atom. The predicted molar refractivity (Wildman–Crippen MR) is 96.9 cm³/mol. The fraction of sp³-hybridized carbons (Fsp3) is 0.250. The molecule has 0 atom stereocenters. The molecule has 0 radical (unpaired) electrons. The van der Waals surface area contributed by atoms with E-state index in [1.807, 2.05) is 48.1 Å². The summed E-state index contributed by atoms with van der Waals surface area (Å²) in [5.41, 5.74) is 2.56. The first-order valence-corrected chi connectivity index (χ1v) is 9.92. The van der Waals surface area contributed by atoms with Crippen LogP contribution in [-0.4, -0.2) is 34.9 Å². The second kappa shape index (κ2) is 5.70. The minimum atomic E-state index is -2.40. The first-order chi connectivity index (χ1) is 10.9. The summed E-state index contributed by atoms with van der Waals surface area (Å²) in [7, 11) is 1.34. The standard InChI is InChI=1S/C16H20N5OP/c1-17-16-19-12-9-10-21(2)14(12)15(20-16)18-11-7-5-6-8-13(11)23(3,4)22/h5-10H,1-4H3,(H2,17,18,19,20). The Balaban J connectivity index is 2.16. The van der Waals surface area contributed by atoms with Crippen LogP contribution in [0.3, 0.4) is 0 Å². The van der Waals surface area contributed by atoms with Crippen molar-refractivity contribution >= 4 is 40.9 Å². The highest BCUT2D eigenvalue weighted by Crippen LogP contribution is 2.38. The van der Waals surface area contributed by atoms with Crippen LogP contribution < -0.4 is 15.9 Å². The van der Waals surface area contributed by atoms with Crippen molar-refractivity contribution in [1.29, 1.82) is 0 Å². The molecular formula is C16H20N5OP. The van der Waals surface area contributed by atoms with E-state index in [9.17, 15) is 4.57 Å². The summed E-state index contributed by atoms with van der Waals surface area (Å²) in [4.78, 5) is 8.98. The fourth-order valence-corrected chi connectivity index (χ4v) is 3.72. The lowest BCUT2D eigenvalue weighted by Crippen LogP contribution is -2.11. The molecule has 3 rings (SSSR count). The van der Waals surface area contributed by atoms with Crippen LogP contribution in [0.4, 0.5) is 17.5 Å². The van der Waals surface area contributed by atoms with Gasteiger partial charge in [0.1, 0.15) is 12.7 Å². The lowest BCUT2D eigenvalue weighted by Gasteiger charge is -2.16. The van der Waals surface area contributed by atoms with Crippen LogP contribution in [0.1, 0.15) is 0 Å². The largest absolute Gasteiger partial charge is 0.357 e. The van der Waals surface area contributed by atoms with Crippen LogP contribution in [0.25, 0.3) is 11.0 Å². The van der Waals surface area contributed by atoms with Gasteiger partial charge in [-0.3, -0.25) is 0 Å². The Labute approximate surface area is 135 Å². The van der Waals surface area contributed by atoms with Crippen LogP contribution in [0.2, 0.25) is 0 Å². The summed E-state index contributed by atoms with van der Waals surface area (Å²) >= 11 is 0. The number of anilines is 3. The van der Waals surface area contributed by atoms with Crippen LogP contribution in [0.15, 0.2) is 36.5 Å². The number of hydrogen-bond donors (Lipinski definition) is 2. The lowest BCUT2D eigenvalue weighted by molar-refractivity contribution is 0.588. The van der Waals surface area contributed by atoms with Crippen molar-refractivity contribution in [3.63, 3.8) is 0 Å². The van der Waals surface area contributed by atoms with Gasteiger partial charge in [-0.25, -0.2) is 4.98 Å². The maximum Gasteiger partial charge on any atom is 0.225 e. The van der Waals surface area contributed by atoms with E-state index in [1.165, 1.54) is 0 Å². The van der Waals surface area contributed by atoms with E-state index >= 15 is 0 Å². The number of benzene rings is 1. The van der Waals surface area contributed by atoms with Crippen LogP contribution in [0.5, 0.6) is 0 Å². The van der Waals surface area contributed by atoms with Gasteiger partial charge in [0.15, 0.2) is 5.82 Å². The van der Waals surface area contributed by atoms with Gasteiger partial charge in [-0.2, -0.15) is 4.98 Å². The van der Waals surface area contributed by atoms with Crippen molar-refractivity contribution in [1.82, 2.24) is 14.5 Å². The van der Waals surface area contributed by atoms with Gasteiger partial charge in [-0.05, 0) is 31.5 Å². The number of nitrogens with one attached hydrogen (secondary N) is 2. The molecule has 0 fully saturated rings. The van der Waals surface area contributed by atoms with E-state index in [0.29, 0.717) is 11.8 Å². The molecular weight excluding hydrogens is 309 g/mol. The third-order valence-electron chi connectivity index (χ3n) is 3.68. The summed E-state index contributed by atoms with van der Waals surface area (Å²) in [6, 6.07) is 9.58. The molecule has 0 amide bonds. The van der Waals surface area contributed by atoms with Crippen molar-refractivity contribution in [2.75, 3.05) is 31.0 Å². The van der Waals surface area contributed by atoms with Gasteiger partial charge in [0, 0.05) is 25.6 Å². The van der Waals surface area contributed by atoms with Gasteiger partial charge in [0.05, 0.1) is 11.2 Å². The van der Waals surface area contributed by atoms with Crippen molar-refractivity contribution < 1.29 is 4.57 Å². The molecule has 0 saturated heterocycles. The highest BCUT2D eigenvalue weighted by Gasteiger charge is 2.17. The lowest BCUT2D eigenvalue weighted by atomic mass is 10.3. The van der Waals surface area contributed by atoms with Crippen molar-refractivity contribution in [3.8, 4) is 0 Å². The number of aryl methyl sites for hydroxylation is 1. The van der Waals surface area contributed by atoms with Gasteiger partial charge in [0.2, 0.25) is 5.95 Å². The Kier molecular flexibility index (Phi) is 3.86. The summed E-state index contributed by atoms with van der Waals surface area (Å²) in [6.45, 7) is 3.54. The summed E-state index contributed by atoms with van der Waals surface area (Å²) in [5.74, 6) is 1.23. The predicted octanol–water partition coefficient (Wildman–Crippen LogP) is 3.00. The highest BCUT2D eigenvalue weighted by atomic mass is 31.2. The number of nitrogens with zero attached hydrogens (tertiary/aromatic N) is 3. The topological polar surface area (TPSA) is 71.8 Å². The molecule has 2 heterocycles. The number of rotatable bonds is 4. The average Bonchev–Trinajstić information content (AvgIpc) is 2.88. The molecule has 1 aromatic carbocycles. The van der Waals surface area contributed by atoms with Crippen LogP contribution in [-0.2, 0) is 11.6 Å². The molecule has 0 aliphatic heterocycles. The minimum absolute atomic E-state index is 0.542. The maximum atomic E-state index is 12.5. The zero-order valence-electron chi connectivity index (χ0n) is 13.7. The quantitative estimate of drug-likeness (QED) is 0.720.